The summed E-state index contributed by atoms with van der Waals surface area (Å²) in [6, 6.07) is 13.8. The van der Waals surface area contributed by atoms with Gasteiger partial charge in [0.1, 0.15) is 11.6 Å². The lowest BCUT2D eigenvalue weighted by atomic mass is 9.93. The summed E-state index contributed by atoms with van der Waals surface area (Å²) in [6.07, 6.45) is 10.3. The summed E-state index contributed by atoms with van der Waals surface area (Å²) in [5, 5.41) is 11.0. The molecule has 0 unspecified atom stereocenters. The Morgan fingerprint density at radius 2 is 1.76 bits per heavy atom. The molecule has 2 aromatic carbocycles. The summed E-state index contributed by atoms with van der Waals surface area (Å²) in [4.78, 5) is 29.6. The monoisotopic (exact) mass is 522 g/mol. The molecule has 0 spiro atoms. The molecule has 1 amide bonds. The lowest BCUT2D eigenvalue weighted by molar-refractivity contribution is -0.135. The minimum atomic E-state index is -0.229. The molecule has 0 saturated heterocycles. The number of amides is 1. The van der Waals surface area contributed by atoms with Crippen molar-refractivity contribution in [3.63, 3.8) is 0 Å². The smallest absolute Gasteiger partial charge is 0.248 e. The lowest BCUT2D eigenvalue weighted by Gasteiger charge is -2.34. The number of benzene rings is 2. The van der Waals surface area contributed by atoms with E-state index in [9.17, 15) is 19.1 Å². The van der Waals surface area contributed by atoms with Crippen LogP contribution in [-0.2, 0) is 22.4 Å². The number of aromatic hydroxyl groups is 1. The SMILES string of the molecule is O=C(CCOCCc1ccccc1F)N(CCCCCc1ccc(O)c2[nH]c(=O)ccc12)C1CCCCC1. The minimum Gasteiger partial charge on any atom is -0.506 e. The van der Waals surface area contributed by atoms with E-state index in [4.69, 9.17) is 4.74 Å². The number of hydrogen-bond donors (Lipinski definition) is 2. The van der Waals surface area contributed by atoms with Crippen LogP contribution in [-0.4, -0.2) is 46.7 Å². The molecule has 0 bridgehead atoms. The Bertz CT molecular complexity index is 1250. The minimum absolute atomic E-state index is 0.0827. The molecule has 3 aromatic rings. The van der Waals surface area contributed by atoms with Crippen molar-refractivity contribution in [3.8, 4) is 5.75 Å². The third-order valence-electron chi connectivity index (χ3n) is 7.58. The standard InChI is InChI=1S/C31H39FN2O4/c32-27-13-7-6-10-24(27)18-21-38-22-19-30(37)34(25-11-4-1-5-12-25)20-8-2-3-9-23-14-16-28(35)31-26(23)15-17-29(36)33-31/h6-7,10,13-17,25,35H,1-5,8-9,11-12,18-22H2,(H,33,36). The highest BCUT2D eigenvalue weighted by Crippen LogP contribution is 2.27. The van der Waals surface area contributed by atoms with Crippen LogP contribution in [0.1, 0.15) is 68.9 Å². The molecule has 204 valence electrons. The molecule has 7 heteroatoms. The van der Waals surface area contributed by atoms with Crippen molar-refractivity contribution < 1.29 is 19.0 Å². The van der Waals surface area contributed by atoms with Crippen LogP contribution in [0.5, 0.6) is 5.75 Å². The molecule has 0 atom stereocenters. The van der Waals surface area contributed by atoms with Gasteiger partial charge in [0.05, 0.1) is 25.2 Å². The summed E-state index contributed by atoms with van der Waals surface area (Å²) in [7, 11) is 0. The molecular formula is C31H39FN2O4. The van der Waals surface area contributed by atoms with Gasteiger partial charge in [0.25, 0.3) is 0 Å². The third-order valence-corrected chi connectivity index (χ3v) is 7.58. The van der Waals surface area contributed by atoms with Gasteiger partial charge >= 0.3 is 0 Å². The molecule has 0 aliphatic heterocycles. The van der Waals surface area contributed by atoms with E-state index >= 15 is 0 Å². The van der Waals surface area contributed by atoms with Crippen molar-refractivity contribution in [1.82, 2.24) is 9.88 Å². The van der Waals surface area contributed by atoms with Gasteiger partial charge in [-0.05, 0) is 67.9 Å². The third kappa shape index (κ3) is 7.67. The van der Waals surface area contributed by atoms with Crippen LogP contribution in [0.25, 0.3) is 10.9 Å². The number of ether oxygens (including phenoxy) is 1. The highest BCUT2D eigenvalue weighted by atomic mass is 19.1. The fraction of sp³-hybridized carbons (Fsp3) is 0.484. The number of aryl methyl sites for hydroxylation is 1. The Hall–Kier alpha value is -3.19. The largest absolute Gasteiger partial charge is 0.506 e. The van der Waals surface area contributed by atoms with E-state index in [0.717, 1.165) is 56.0 Å². The first-order valence-corrected chi connectivity index (χ1v) is 14.0. The number of halogens is 1. The number of phenols is 1. The molecule has 1 heterocycles. The van der Waals surface area contributed by atoms with E-state index in [1.165, 1.54) is 31.4 Å². The second-order valence-corrected chi connectivity index (χ2v) is 10.2. The van der Waals surface area contributed by atoms with Gasteiger partial charge in [0.2, 0.25) is 11.5 Å². The number of H-pyrrole nitrogens is 1. The van der Waals surface area contributed by atoms with Gasteiger partial charge < -0.3 is 19.7 Å². The normalized spacial score (nSPS) is 14.1. The van der Waals surface area contributed by atoms with E-state index in [0.29, 0.717) is 43.2 Å². The first kappa shape index (κ1) is 27.8. The molecule has 2 N–H and O–H groups in total. The molecule has 4 rings (SSSR count). The highest BCUT2D eigenvalue weighted by molar-refractivity contribution is 5.87. The number of hydrogen-bond acceptors (Lipinski definition) is 4. The Kier molecular flexibility index (Phi) is 10.3. The predicted molar refractivity (Wildman–Crippen MR) is 148 cm³/mol. The van der Waals surface area contributed by atoms with Crippen LogP contribution in [0.15, 0.2) is 53.3 Å². The summed E-state index contributed by atoms with van der Waals surface area (Å²) < 4.78 is 19.5. The van der Waals surface area contributed by atoms with Crippen LogP contribution in [0, 0.1) is 5.82 Å². The van der Waals surface area contributed by atoms with Gasteiger partial charge in [0, 0.05) is 24.0 Å². The van der Waals surface area contributed by atoms with Gasteiger partial charge in [-0.3, -0.25) is 9.59 Å². The molecule has 1 aromatic heterocycles. The molecule has 1 fully saturated rings. The maximum atomic E-state index is 13.8. The average molecular weight is 523 g/mol. The number of carbonyl (C=O) groups excluding carboxylic acids is 1. The van der Waals surface area contributed by atoms with Crippen LogP contribution >= 0.6 is 0 Å². The molecule has 0 radical (unpaired) electrons. The molecule has 1 aliphatic rings. The van der Waals surface area contributed by atoms with Gasteiger partial charge in [-0.2, -0.15) is 0 Å². The second kappa shape index (κ2) is 14.1. The number of nitrogens with zero attached hydrogens (tertiary/aromatic N) is 1. The number of unbranched alkanes of at least 4 members (excludes halogenated alkanes) is 2. The number of nitrogens with one attached hydrogen (secondary N) is 1. The number of aromatic nitrogens is 1. The Labute approximate surface area is 223 Å². The van der Waals surface area contributed by atoms with E-state index in [1.807, 2.05) is 12.1 Å². The van der Waals surface area contributed by atoms with E-state index in [-0.39, 0.29) is 23.0 Å². The Morgan fingerprint density at radius 1 is 0.947 bits per heavy atom. The quantitative estimate of drug-likeness (QED) is 0.274. The number of pyridine rings is 1. The van der Waals surface area contributed by atoms with E-state index in [1.54, 1.807) is 24.3 Å². The van der Waals surface area contributed by atoms with Crippen molar-refractivity contribution in [2.45, 2.75) is 76.7 Å². The van der Waals surface area contributed by atoms with Gasteiger partial charge in [-0.25, -0.2) is 4.39 Å². The van der Waals surface area contributed by atoms with Gasteiger partial charge in [0.15, 0.2) is 0 Å². The second-order valence-electron chi connectivity index (χ2n) is 10.2. The zero-order valence-corrected chi connectivity index (χ0v) is 22.1. The predicted octanol–water partition coefficient (Wildman–Crippen LogP) is 5.90. The summed E-state index contributed by atoms with van der Waals surface area (Å²) in [5.41, 5.74) is 1.99. The van der Waals surface area contributed by atoms with Crippen LogP contribution < -0.4 is 5.56 Å². The van der Waals surface area contributed by atoms with Crippen LogP contribution in [0.4, 0.5) is 4.39 Å². The number of fused-ring (bicyclic) bond motifs is 1. The number of rotatable bonds is 13. The van der Waals surface area contributed by atoms with Crippen molar-refractivity contribution in [2.24, 2.45) is 0 Å². The summed E-state index contributed by atoms with van der Waals surface area (Å²) >= 11 is 0. The van der Waals surface area contributed by atoms with Crippen molar-refractivity contribution in [2.75, 3.05) is 19.8 Å². The fourth-order valence-electron chi connectivity index (χ4n) is 5.48. The molecule has 1 aliphatic carbocycles. The summed E-state index contributed by atoms with van der Waals surface area (Å²) in [6.45, 7) is 1.51. The first-order chi connectivity index (χ1) is 18.5. The summed E-state index contributed by atoms with van der Waals surface area (Å²) in [5.74, 6) is 0.0137. The maximum absolute atomic E-state index is 13.8. The molecule has 6 nitrogen and oxygen atoms in total. The average Bonchev–Trinajstić information content (AvgIpc) is 2.93. The molecular weight excluding hydrogens is 483 g/mol. The van der Waals surface area contributed by atoms with E-state index < -0.39 is 0 Å². The number of phenolic OH excluding ortho intramolecular Hbond substituents is 1. The Morgan fingerprint density at radius 3 is 2.58 bits per heavy atom. The Balaban J connectivity index is 1.23. The molecule has 1 saturated carbocycles. The molecule has 38 heavy (non-hydrogen) atoms. The highest BCUT2D eigenvalue weighted by Gasteiger charge is 2.24. The van der Waals surface area contributed by atoms with Gasteiger partial charge in [-0.15, -0.1) is 0 Å². The van der Waals surface area contributed by atoms with Crippen LogP contribution in [0.3, 0.4) is 0 Å². The van der Waals surface area contributed by atoms with Gasteiger partial charge in [-0.1, -0.05) is 49.9 Å². The number of carbonyl (C=O) groups is 1. The first-order valence-electron chi connectivity index (χ1n) is 14.0. The lowest BCUT2D eigenvalue weighted by Crippen LogP contribution is -2.42. The fourth-order valence-corrected chi connectivity index (χ4v) is 5.48. The topological polar surface area (TPSA) is 82.6 Å². The maximum Gasteiger partial charge on any atom is 0.248 e. The zero-order chi connectivity index (χ0) is 26.7. The zero-order valence-electron chi connectivity index (χ0n) is 22.1. The number of aromatic amines is 1. The van der Waals surface area contributed by atoms with E-state index in [2.05, 4.69) is 9.88 Å². The van der Waals surface area contributed by atoms with Crippen molar-refractivity contribution in [3.05, 3.63) is 75.8 Å². The van der Waals surface area contributed by atoms with Crippen LogP contribution in [0.2, 0.25) is 0 Å². The van der Waals surface area contributed by atoms with Crippen molar-refractivity contribution in [1.29, 1.82) is 0 Å². The van der Waals surface area contributed by atoms with Crippen molar-refractivity contribution >= 4 is 16.8 Å².